The maximum absolute atomic E-state index is 13.0. The Kier molecular flexibility index (Phi) is 7.33. The summed E-state index contributed by atoms with van der Waals surface area (Å²) in [4.78, 5) is 14.6. The van der Waals surface area contributed by atoms with E-state index in [4.69, 9.17) is 4.42 Å². The number of carbonyl (C=O) groups is 1. The van der Waals surface area contributed by atoms with Gasteiger partial charge in [0.05, 0.1) is 23.6 Å². The first-order valence-electron chi connectivity index (χ1n) is 11.2. The first-order valence-corrected chi connectivity index (χ1v) is 12.2. The van der Waals surface area contributed by atoms with Gasteiger partial charge < -0.3 is 29.6 Å². The molecule has 0 saturated heterocycles. The Hall–Kier alpha value is -3.89. The molecule has 10 heteroatoms. The number of nitrogens with one attached hydrogen (secondary N) is 2. The molecule has 2 heterocycles. The van der Waals surface area contributed by atoms with Crippen LogP contribution >= 0.6 is 11.1 Å². The highest BCUT2D eigenvalue weighted by Gasteiger charge is 2.24. The van der Waals surface area contributed by atoms with Crippen LogP contribution in [0.15, 0.2) is 65.3 Å². The molecule has 9 nitrogen and oxygen atoms in total. The lowest BCUT2D eigenvalue weighted by Crippen LogP contribution is -2.26. The van der Waals surface area contributed by atoms with E-state index in [0.29, 0.717) is 13.0 Å². The predicted octanol–water partition coefficient (Wildman–Crippen LogP) is 5.39. The van der Waals surface area contributed by atoms with Crippen LogP contribution in [0, 0.1) is 6.92 Å². The summed E-state index contributed by atoms with van der Waals surface area (Å²) < 4.78 is 25.8. The summed E-state index contributed by atoms with van der Waals surface area (Å²) >= 11 is -1.81. The van der Waals surface area contributed by atoms with E-state index < -0.39 is 11.1 Å². The minimum Gasteiger partial charge on any atom is -0.546 e. The summed E-state index contributed by atoms with van der Waals surface area (Å²) in [5.41, 5.74) is 2.35. The number of aromatic nitrogens is 2. The second-order valence-electron chi connectivity index (χ2n) is 8.22. The van der Waals surface area contributed by atoms with E-state index in [-0.39, 0.29) is 40.6 Å². The fourth-order valence-corrected chi connectivity index (χ4v) is 4.32. The van der Waals surface area contributed by atoms with E-state index in [1.165, 1.54) is 4.90 Å². The number of aryl methyl sites for hydroxylation is 1. The third-order valence-corrected chi connectivity index (χ3v) is 6.18. The third-order valence-electron chi connectivity index (χ3n) is 5.51. The molecule has 35 heavy (non-hydrogen) atoms. The van der Waals surface area contributed by atoms with Crippen LogP contribution in [0.1, 0.15) is 46.6 Å². The minimum atomic E-state index is -1.81. The molecule has 2 atom stereocenters. The average Bonchev–Trinajstić information content (AvgIpc) is 3.43. The van der Waals surface area contributed by atoms with Gasteiger partial charge in [0.1, 0.15) is 5.76 Å². The lowest BCUT2D eigenvalue weighted by Gasteiger charge is -2.19. The van der Waals surface area contributed by atoms with Gasteiger partial charge in [-0.3, -0.25) is 4.79 Å². The smallest absolute Gasteiger partial charge is 0.257 e. The third kappa shape index (κ3) is 5.61. The number of hydrogen-bond donors (Lipinski definition) is 3. The molecule has 0 saturated carbocycles. The summed E-state index contributed by atoms with van der Waals surface area (Å²) in [5.74, 6) is 0.634. The fourth-order valence-electron chi connectivity index (χ4n) is 3.69. The Labute approximate surface area is 206 Å². The molecule has 0 fully saturated rings. The molecule has 1 amide bonds. The van der Waals surface area contributed by atoms with E-state index in [0.717, 1.165) is 16.9 Å². The zero-order valence-electron chi connectivity index (χ0n) is 19.7. The molecule has 0 radical (unpaired) electrons. The van der Waals surface area contributed by atoms with E-state index in [2.05, 4.69) is 19.4 Å². The number of furan rings is 1. The lowest BCUT2D eigenvalue weighted by molar-refractivity contribution is 0.0782. The molecule has 0 spiro atoms. The average molecular weight is 494 g/mol. The van der Waals surface area contributed by atoms with E-state index in [9.17, 15) is 14.5 Å². The molecule has 0 aliphatic carbocycles. The number of amides is 1. The van der Waals surface area contributed by atoms with Gasteiger partial charge in [0.2, 0.25) is 11.6 Å². The summed E-state index contributed by atoms with van der Waals surface area (Å²) in [5, 5.41) is 17.1. The van der Waals surface area contributed by atoms with Crippen LogP contribution < -0.4 is 10.6 Å². The molecule has 0 aliphatic rings. The SMILES string of the molecule is CC[C@@H](Nc1n[s+]([O-])nc1Nc1cccc(C(=O)N(C)Cc2ccccc2)c1O)c1cc(C)co1. The van der Waals surface area contributed by atoms with Crippen molar-refractivity contribution < 1.29 is 18.9 Å². The van der Waals surface area contributed by atoms with Crippen molar-refractivity contribution in [3.05, 3.63) is 83.3 Å². The molecule has 182 valence electrons. The molecular weight excluding hydrogens is 466 g/mol. The van der Waals surface area contributed by atoms with Gasteiger partial charge in [-0.1, -0.05) is 43.3 Å². The minimum absolute atomic E-state index is 0.136. The summed E-state index contributed by atoms with van der Waals surface area (Å²) in [6.45, 7) is 4.32. The molecule has 2 aromatic carbocycles. The number of carbonyl (C=O) groups excluding carboxylic acids is 1. The van der Waals surface area contributed by atoms with Crippen LogP contribution in [0.4, 0.5) is 17.3 Å². The van der Waals surface area contributed by atoms with Crippen molar-refractivity contribution in [2.45, 2.75) is 32.9 Å². The van der Waals surface area contributed by atoms with Gasteiger partial charge in [0.15, 0.2) is 16.9 Å². The Balaban J connectivity index is 1.54. The van der Waals surface area contributed by atoms with E-state index in [1.807, 2.05) is 50.2 Å². The number of phenols is 1. The zero-order chi connectivity index (χ0) is 24.9. The van der Waals surface area contributed by atoms with Crippen molar-refractivity contribution in [1.29, 1.82) is 0 Å². The maximum atomic E-state index is 13.0. The van der Waals surface area contributed by atoms with Gasteiger partial charge in [-0.25, -0.2) is 0 Å². The Bertz CT molecular complexity index is 1300. The van der Waals surface area contributed by atoms with Crippen molar-refractivity contribution in [1.82, 2.24) is 13.6 Å². The molecule has 4 rings (SSSR count). The Morgan fingerprint density at radius 3 is 2.60 bits per heavy atom. The highest BCUT2D eigenvalue weighted by atomic mass is 32.2. The van der Waals surface area contributed by atoms with Crippen molar-refractivity contribution in [2.75, 3.05) is 17.7 Å². The fraction of sp³-hybridized carbons (Fsp3) is 0.240. The molecule has 4 aromatic rings. The van der Waals surface area contributed by atoms with Gasteiger partial charge in [-0.05, 0) is 42.7 Å². The van der Waals surface area contributed by atoms with Crippen molar-refractivity contribution in [3.8, 4) is 5.75 Å². The Morgan fingerprint density at radius 1 is 1.17 bits per heavy atom. The van der Waals surface area contributed by atoms with Gasteiger partial charge in [0.25, 0.3) is 5.91 Å². The number of phenolic OH excluding ortho intramolecular Hbond substituents is 1. The molecule has 0 aliphatic heterocycles. The summed E-state index contributed by atoms with van der Waals surface area (Å²) in [6, 6.07) is 16.1. The van der Waals surface area contributed by atoms with Crippen LogP contribution in [0.2, 0.25) is 0 Å². The highest BCUT2D eigenvalue weighted by Crippen LogP contribution is 2.35. The second-order valence-corrected chi connectivity index (χ2v) is 9.04. The lowest BCUT2D eigenvalue weighted by atomic mass is 10.1. The first-order chi connectivity index (χ1) is 16.9. The Morgan fingerprint density at radius 2 is 1.91 bits per heavy atom. The van der Waals surface area contributed by atoms with Gasteiger partial charge >= 0.3 is 0 Å². The van der Waals surface area contributed by atoms with Crippen molar-refractivity contribution >= 4 is 34.4 Å². The number of aromatic hydroxyl groups is 1. The first kappa shape index (κ1) is 24.2. The predicted molar refractivity (Wildman–Crippen MR) is 134 cm³/mol. The van der Waals surface area contributed by atoms with Crippen LogP contribution in [0.5, 0.6) is 5.75 Å². The van der Waals surface area contributed by atoms with Crippen molar-refractivity contribution in [2.24, 2.45) is 0 Å². The van der Waals surface area contributed by atoms with Crippen LogP contribution in [-0.2, 0) is 6.54 Å². The number of hydrogen-bond acceptors (Lipinski definition) is 8. The summed E-state index contributed by atoms with van der Waals surface area (Å²) in [7, 11) is 1.68. The standard InChI is InChI=1S/C25H27N5O4S/c1-4-19(21-13-16(2)15-34-21)26-23-24(29-35(33)28-23)27-20-12-8-11-18(22(20)31)25(32)30(3)14-17-9-6-5-7-10-17/h5-13,15,19,31H,4,14H2,1-3H3,(H,26,28)(H,27,29)/t19-,35?/m1/s1. The number of rotatable bonds is 9. The zero-order valence-corrected chi connectivity index (χ0v) is 20.5. The molecule has 0 bridgehead atoms. The quantitative estimate of drug-likeness (QED) is 0.209. The molecule has 2 aromatic heterocycles. The number of nitrogens with zero attached hydrogens (tertiary/aromatic N) is 3. The summed E-state index contributed by atoms with van der Waals surface area (Å²) in [6.07, 6.45) is 2.35. The number of para-hydroxylation sites is 1. The second kappa shape index (κ2) is 10.6. The van der Waals surface area contributed by atoms with Crippen LogP contribution in [-0.4, -0.2) is 36.3 Å². The van der Waals surface area contributed by atoms with E-state index >= 15 is 0 Å². The molecular formula is C25H27N5O4S. The van der Waals surface area contributed by atoms with Gasteiger partial charge in [0, 0.05) is 22.3 Å². The molecule has 1 unspecified atom stereocenters. The molecule has 3 N–H and O–H groups in total. The maximum Gasteiger partial charge on any atom is 0.257 e. The highest BCUT2D eigenvalue weighted by molar-refractivity contribution is 7.14. The van der Waals surface area contributed by atoms with Crippen LogP contribution in [0.3, 0.4) is 0 Å². The van der Waals surface area contributed by atoms with Gasteiger partial charge in [-0.15, -0.1) is 0 Å². The normalized spacial score (nSPS) is 12.3. The number of benzene rings is 2. The van der Waals surface area contributed by atoms with Gasteiger partial charge in [-0.2, -0.15) is 0 Å². The largest absolute Gasteiger partial charge is 0.546 e. The van der Waals surface area contributed by atoms with E-state index in [1.54, 1.807) is 31.5 Å². The van der Waals surface area contributed by atoms with Crippen LogP contribution in [0.25, 0.3) is 0 Å². The number of anilines is 3. The topological polar surface area (TPSA) is 127 Å². The van der Waals surface area contributed by atoms with Crippen molar-refractivity contribution in [3.63, 3.8) is 0 Å². The monoisotopic (exact) mass is 493 g/mol.